The summed E-state index contributed by atoms with van der Waals surface area (Å²) in [4.78, 5) is 11.7. The molecule has 0 radical (unpaired) electrons. The minimum absolute atomic E-state index is 0.0953. The highest BCUT2D eigenvalue weighted by molar-refractivity contribution is 6.20. The van der Waals surface area contributed by atoms with E-state index in [0.29, 0.717) is 6.54 Å². The molecule has 1 rings (SSSR count). The third kappa shape index (κ3) is 4.18. The van der Waals surface area contributed by atoms with E-state index in [1.54, 1.807) is 0 Å². The van der Waals surface area contributed by atoms with E-state index in [1.165, 1.54) is 19.2 Å². The van der Waals surface area contributed by atoms with Gasteiger partial charge in [-0.15, -0.1) is 11.6 Å². The number of nitrogens with one attached hydrogen (secondary N) is 1. The average Bonchev–Trinajstić information content (AvgIpc) is 2.36. The zero-order valence-corrected chi connectivity index (χ0v) is 11.3. The van der Waals surface area contributed by atoms with Crippen molar-refractivity contribution in [2.75, 3.05) is 13.7 Å². The molecular formula is C13H17ClFNO2. The van der Waals surface area contributed by atoms with E-state index in [-0.39, 0.29) is 22.6 Å². The Balaban J connectivity index is 2.59. The first-order valence-electron chi connectivity index (χ1n) is 5.84. The van der Waals surface area contributed by atoms with E-state index >= 15 is 0 Å². The number of amides is 1. The number of rotatable bonds is 6. The van der Waals surface area contributed by atoms with Crippen LogP contribution >= 0.6 is 11.6 Å². The van der Waals surface area contributed by atoms with Gasteiger partial charge >= 0.3 is 0 Å². The molecule has 1 unspecified atom stereocenters. The molecule has 0 aliphatic rings. The van der Waals surface area contributed by atoms with Crippen LogP contribution in [0.25, 0.3) is 0 Å². The minimum Gasteiger partial charge on any atom is -0.494 e. The van der Waals surface area contributed by atoms with Crippen molar-refractivity contribution in [1.29, 1.82) is 0 Å². The minimum atomic E-state index is -0.555. The molecule has 0 heterocycles. The summed E-state index contributed by atoms with van der Waals surface area (Å²) in [5.74, 6) is -0.771. The number of hydrogen-bond acceptors (Lipinski definition) is 2. The highest BCUT2D eigenvalue weighted by Crippen LogP contribution is 2.17. The Morgan fingerprint density at radius 2 is 2.28 bits per heavy atom. The lowest BCUT2D eigenvalue weighted by Crippen LogP contribution is -2.29. The molecule has 18 heavy (non-hydrogen) atoms. The number of carbonyl (C=O) groups excluding carboxylic acids is 1. The molecule has 0 saturated heterocycles. The van der Waals surface area contributed by atoms with Crippen LogP contribution in [0.4, 0.5) is 4.39 Å². The molecule has 100 valence electrons. The molecule has 0 aliphatic carbocycles. The normalized spacial score (nSPS) is 12.0. The topological polar surface area (TPSA) is 38.3 Å². The predicted molar refractivity (Wildman–Crippen MR) is 69.8 cm³/mol. The second kappa shape index (κ2) is 7.21. The first-order valence-corrected chi connectivity index (χ1v) is 6.28. The van der Waals surface area contributed by atoms with E-state index in [0.717, 1.165) is 18.9 Å². The Kier molecular flexibility index (Phi) is 5.92. The molecule has 0 fully saturated rings. The Hall–Kier alpha value is -1.29. The second-order valence-electron chi connectivity index (χ2n) is 3.95. The lowest BCUT2D eigenvalue weighted by Gasteiger charge is -2.10. The van der Waals surface area contributed by atoms with Crippen LogP contribution in [0.5, 0.6) is 5.75 Å². The van der Waals surface area contributed by atoms with Gasteiger partial charge in [-0.25, -0.2) is 4.39 Å². The molecule has 0 saturated carbocycles. The number of alkyl halides is 1. The lowest BCUT2D eigenvalue weighted by atomic mass is 10.2. The van der Waals surface area contributed by atoms with E-state index in [2.05, 4.69) is 5.32 Å². The maximum atomic E-state index is 13.4. The van der Waals surface area contributed by atoms with E-state index in [9.17, 15) is 9.18 Å². The van der Waals surface area contributed by atoms with Crippen molar-refractivity contribution < 1.29 is 13.9 Å². The monoisotopic (exact) mass is 273 g/mol. The number of halogens is 2. The third-order valence-electron chi connectivity index (χ3n) is 2.50. The summed E-state index contributed by atoms with van der Waals surface area (Å²) in [5.41, 5.74) is 0.258. The quantitative estimate of drug-likeness (QED) is 0.809. The first kappa shape index (κ1) is 14.8. The van der Waals surface area contributed by atoms with Crippen molar-refractivity contribution in [1.82, 2.24) is 5.32 Å². The van der Waals surface area contributed by atoms with Crippen molar-refractivity contribution >= 4 is 17.5 Å². The molecule has 1 atom stereocenters. The second-order valence-corrected chi connectivity index (χ2v) is 4.56. The van der Waals surface area contributed by atoms with Gasteiger partial charge in [0.25, 0.3) is 5.91 Å². The summed E-state index contributed by atoms with van der Waals surface area (Å²) >= 11 is 5.98. The van der Waals surface area contributed by atoms with Gasteiger partial charge in [0, 0.05) is 12.1 Å². The lowest BCUT2D eigenvalue weighted by molar-refractivity contribution is 0.0952. The molecule has 1 aromatic rings. The highest BCUT2D eigenvalue weighted by atomic mass is 35.5. The van der Waals surface area contributed by atoms with Gasteiger partial charge in [-0.05, 0) is 24.6 Å². The van der Waals surface area contributed by atoms with Crippen LogP contribution in [-0.4, -0.2) is 24.9 Å². The number of hydrogen-bond donors (Lipinski definition) is 1. The van der Waals surface area contributed by atoms with Gasteiger partial charge in [0.05, 0.1) is 12.5 Å². The van der Waals surface area contributed by atoms with Gasteiger partial charge in [0.1, 0.15) is 0 Å². The molecular weight excluding hydrogens is 257 g/mol. The molecule has 0 aliphatic heterocycles. The smallest absolute Gasteiger partial charge is 0.251 e. The number of ether oxygens (including phenoxy) is 1. The Morgan fingerprint density at radius 3 is 2.83 bits per heavy atom. The Labute approximate surface area is 111 Å². The fourth-order valence-corrected chi connectivity index (χ4v) is 1.82. The van der Waals surface area contributed by atoms with Crippen LogP contribution in [0.1, 0.15) is 30.1 Å². The molecule has 0 aromatic heterocycles. The summed E-state index contributed by atoms with van der Waals surface area (Å²) in [6.45, 7) is 2.40. The predicted octanol–water partition coefficient (Wildman–Crippen LogP) is 2.97. The molecule has 1 amide bonds. The fraction of sp³-hybridized carbons (Fsp3) is 0.462. The Morgan fingerprint density at radius 1 is 1.56 bits per heavy atom. The maximum absolute atomic E-state index is 13.4. The van der Waals surface area contributed by atoms with Gasteiger partial charge in [-0.2, -0.15) is 0 Å². The van der Waals surface area contributed by atoms with Crippen LogP contribution in [0, 0.1) is 5.82 Å². The largest absolute Gasteiger partial charge is 0.494 e. The van der Waals surface area contributed by atoms with E-state index in [1.807, 2.05) is 6.92 Å². The standard InChI is InChI=1S/C13H17ClFNO2/c1-3-4-10(14)8-16-13(17)9-5-6-12(18-2)11(15)7-9/h5-7,10H,3-4,8H2,1-2H3,(H,16,17). The van der Waals surface area contributed by atoms with E-state index in [4.69, 9.17) is 16.3 Å². The van der Waals surface area contributed by atoms with Crippen molar-refractivity contribution in [3.63, 3.8) is 0 Å². The first-order chi connectivity index (χ1) is 8.58. The molecule has 3 nitrogen and oxygen atoms in total. The summed E-state index contributed by atoms with van der Waals surface area (Å²) in [6, 6.07) is 4.09. The van der Waals surface area contributed by atoms with Crippen LogP contribution in [0.15, 0.2) is 18.2 Å². The van der Waals surface area contributed by atoms with Gasteiger partial charge < -0.3 is 10.1 Å². The number of benzene rings is 1. The average molecular weight is 274 g/mol. The van der Waals surface area contributed by atoms with E-state index < -0.39 is 5.82 Å². The van der Waals surface area contributed by atoms with Gasteiger partial charge in [0.15, 0.2) is 11.6 Å². The fourth-order valence-electron chi connectivity index (χ4n) is 1.53. The van der Waals surface area contributed by atoms with Crippen molar-refractivity contribution in [3.8, 4) is 5.75 Å². The zero-order valence-electron chi connectivity index (χ0n) is 10.5. The molecule has 1 aromatic carbocycles. The maximum Gasteiger partial charge on any atom is 0.251 e. The van der Waals surface area contributed by atoms with Crippen molar-refractivity contribution in [2.24, 2.45) is 0 Å². The van der Waals surface area contributed by atoms with Crippen LogP contribution < -0.4 is 10.1 Å². The number of methoxy groups -OCH3 is 1. The molecule has 1 N–H and O–H groups in total. The molecule has 0 spiro atoms. The van der Waals surface area contributed by atoms with Crippen LogP contribution in [0.2, 0.25) is 0 Å². The van der Waals surface area contributed by atoms with Gasteiger partial charge in [-0.1, -0.05) is 13.3 Å². The summed E-state index contributed by atoms with van der Waals surface area (Å²) in [7, 11) is 1.38. The summed E-state index contributed by atoms with van der Waals surface area (Å²) < 4.78 is 18.2. The Bertz CT molecular complexity index is 412. The van der Waals surface area contributed by atoms with Crippen LogP contribution in [-0.2, 0) is 0 Å². The number of carbonyl (C=O) groups is 1. The third-order valence-corrected chi connectivity index (χ3v) is 2.87. The van der Waals surface area contributed by atoms with Crippen molar-refractivity contribution in [2.45, 2.75) is 25.1 Å². The van der Waals surface area contributed by atoms with Crippen molar-refractivity contribution in [3.05, 3.63) is 29.6 Å². The summed E-state index contributed by atoms with van der Waals surface area (Å²) in [5, 5.41) is 2.57. The van der Waals surface area contributed by atoms with Gasteiger partial charge in [-0.3, -0.25) is 4.79 Å². The van der Waals surface area contributed by atoms with Gasteiger partial charge in [0.2, 0.25) is 0 Å². The highest BCUT2D eigenvalue weighted by Gasteiger charge is 2.11. The van der Waals surface area contributed by atoms with Crippen LogP contribution in [0.3, 0.4) is 0 Å². The molecule has 5 heteroatoms. The summed E-state index contributed by atoms with van der Waals surface area (Å²) in [6.07, 6.45) is 1.79. The molecule has 0 bridgehead atoms. The SMILES string of the molecule is CCCC(Cl)CNC(=O)c1ccc(OC)c(F)c1. The zero-order chi connectivity index (χ0) is 13.5.